The van der Waals surface area contributed by atoms with Crippen LogP contribution in [0.5, 0.6) is 0 Å². The van der Waals surface area contributed by atoms with E-state index in [1.54, 1.807) is 0 Å². The summed E-state index contributed by atoms with van der Waals surface area (Å²) in [6, 6.07) is 1.18. The Labute approximate surface area is 124 Å². The third-order valence-electron chi connectivity index (χ3n) is 3.17. The largest absolute Gasteiger partial charge is 0.380 e. The highest BCUT2D eigenvalue weighted by Gasteiger charge is 2.16. The Kier molecular flexibility index (Phi) is 6.35. The summed E-state index contributed by atoms with van der Waals surface area (Å²) in [7, 11) is -0.623. The van der Waals surface area contributed by atoms with E-state index in [2.05, 4.69) is 0 Å². The molecule has 0 saturated carbocycles. The van der Waals surface area contributed by atoms with Gasteiger partial charge in [-0.2, -0.15) is 0 Å². The normalized spacial score (nSPS) is 11.8. The van der Waals surface area contributed by atoms with Crippen molar-refractivity contribution in [2.45, 2.75) is 25.5 Å². The highest BCUT2D eigenvalue weighted by atomic mass is 32.2. The lowest BCUT2D eigenvalue weighted by atomic mass is 10.4. The molecule has 8 heteroatoms. The molecule has 0 bridgehead atoms. The molecule has 0 aliphatic carbocycles. The van der Waals surface area contributed by atoms with Gasteiger partial charge in [-0.3, -0.25) is 13.9 Å². The van der Waals surface area contributed by atoms with E-state index in [0.717, 1.165) is 17.4 Å². The predicted molar refractivity (Wildman–Crippen MR) is 80.1 cm³/mol. The van der Waals surface area contributed by atoms with Gasteiger partial charge in [0, 0.05) is 32.5 Å². The second-order valence-electron chi connectivity index (χ2n) is 4.93. The number of aromatic nitrogens is 2. The van der Waals surface area contributed by atoms with E-state index in [9.17, 15) is 18.0 Å². The zero-order valence-electron chi connectivity index (χ0n) is 12.7. The van der Waals surface area contributed by atoms with Crippen molar-refractivity contribution in [1.82, 2.24) is 9.13 Å². The highest BCUT2D eigenvalue weighted by Crippen LogP contribution is 2.03. The number of nitrogens with zero attached hydrogens (tertiary/aromatic N) is 2. The molecule has 0 N–H and O–H groups in total. The molecule has 7 nitrogen and oxygen atoms in total. The molecule has 0 aliphatic rings. The summed E-state index contributed by atoms with van der Waals surface area (Å²) in [6.45, 7) is 2.69. The van der Waals surface area contributed by atoms with Gasteiger partial charge in [-0.15, -0.1) is 0 Å². The minimum Gasteiger partial charge on any atom is -0.380 e. The lowest BCUT2D eigenvalue weighted by Gasteiger charge is -2.10. The van der Waals surface area contributed by atoms with Gasteiger partial charge in [-0.1, -0.05) is 13.3 Å². The van der Waals surface area contributed by atoms with Crippen molar-refractivity contribution in [2.75, 3.05) is 19.0 Å². The molecule has 0 amide bonds. The van der Waals surface area contributed by atoms with Gasteiger partial charge in [0.1, 0.15) is 0 Å². The van der Waals surface area contributed by atoms with Crippen LogP contribution < -0.4 is 11.2 Å². The molecule has 1 rings (SSSR count). The van der Waals surface area contributed by atoms with E-state index in [1.807, 2.05) is 6.92 Å². The van der Waals surface area contributed by atoms with Gasteiger partial charge >= 0.3 is 5.69 Å². The summed E-state index contributed by atoms with van der Waals surface area (Å²) < 4.78 is 31.3. The van der Waals surface area contributed by atoms with Crippen LogP contribution in [0.1, 0.15) is 25.5 Å². The van der Waals surface area contributed by atoms with Crippen molar-refractivity contribution in [2.24, 2.45) is 14.1 Å². The number of unbranched alkanes of at least 4 members (excludes halogenated alkanes) is 1. The van der Waals surface area contributed by atoms with Crippen LogP contribution >= 0.6 is 0 Å². The van der Waals surface area contributed by atoms with Gasteiger partial charge in [-0.05, 0) is 6.42 Å². The van der Waals surface area contributed by atoms with Crippen LogP contribution in [0.25, 0.3) is 0 Å². The molecule has 1 aromatic heterocycles. The summed E-state index contributed by atoms with van der Waals surface area (Å²) >= 11 is 0. The van der Waals surface area contributed by atoms with E-state index in [1.165, 1.54) is 24.7 Å². The van der Waals surface area contributed by atoms with E-state index in [-0.39, 0.29) is 23.8 Å². The Morgan fingerprint density at radius 2 is 1.81 bits per heavy atom. The SMILES string of the molecule is CCCCOCCS(=O)(=O)Cc1cc(=O)n(C)c(=O)n1C. The van der Waals surface area contributed by atoms with E-state index < -0.39 is 21.1 Å². The van der Waals surface area contributed by atoms with Crippen LogP contribution in [-0.4, -0.2) is 36.5 Å². The molecule has 1 aromatic rings. The predicted octanol–water partition coefficient (Wildman–Crippen LogP) is -0.184. The Hall–Kier alpha value is -1.41. The zero-order valence-corrected chi connectivity index (χ0v) is 13.5. The first-order chi connectivity index (χ1) is 9.78. The first-order valence-corrected chi connectivity index (χ1v) is 8.64. The molecule has 0 radical (unpaired) electrons. The van der Waals surface area contributed by atoms with Crippen molar-refractivity contribution >= 4 is 9.84 Å². The Morgan fingerprint density at radius 3 is 2.43 bits per heavy atom. The maximum Gasteiger partial charge on any atom is 0.330 e. The van der Waals surface area contributed by atoms with Crippen molar-refractivity contribution in [3.63, 3.8) is 0 Å². The summed E-state index contributed by atoms with van der Waals surface area (Å²) in [5.41, 5.74) is -0.856. The first kappa shape index (κ1) is 17.6. The first-order valence-electron chi connectivity index (χ1n) is 6.82. The Bertz CT molecular complexity index is 687. The number of rotatable bonds is 8. The lowest BCUT2D eigenvalue weighted by molar-refractivity contribution is 0.146. The smallest absolute Gasteiger partial charge is 0.330 e. The Balaban J connectivity index is 2.77. The Morgan fingerprint density at radius 1 is 1.14 bits per heavy atom. The van der Waals surface area contributed by atoms with Crippen LogP contribution in [0.15, 0.2) is 15.7 Å². The van der Waals surface area contributed by atoms with E-state index in [0.29, 0.717) is 6.61 Å². The molecule has 0 unspecified atom stereocenters. The maximum absolute atomic E-state index is 12.0. The number of hydrogen-bond donors (Lipinski definition) is 0. The minimum atomic E-state index is -3.42. The van der Waals surface area contributed by atoms with Crippen molar-refractivity contribution in [3.05, 3.63) is 32.6 Å². The second-order valence-corrected chi connectivity index (χ2v) is 7.12. The summed E-state index contributed by atoms with van der Waals surface area (Å²) in [4.78, 5) is 23.3. The molecular weight excluding hydrogens is 296 g/mol. The van der Waals surface area contributed by atoms with Gasteiger partial charge in [0.2, 0.25) is 0 Å². The summed E-state index contributed by atoms with van der Waals surface area (Å²) in [5, 5.41) is 0. The van der Waals surface area contributed by atoms with Crippen LogP contribution in [0.2, 0.25) is 0 Å². The van der Waals surface area contributed by atoms with Gasteiger partial charge in [0.15, 0.2) is 9.84 Å². The lowest BCUT2D eigenvalue weighted by Crippen LogP contribution is -2.38. The van der Waals surface area contributed by atoms with Crippen molar-refractivity contribution in [3.8, 4) is 0 Å². The fraction of sp³-hybridized carbons (Fsp3) is 0.692. The fourth-order valence-electron chi connectivity index (χ4n) is 1.75. The molecule has 0 spiro atoms. The zero-order chi connectivity index (χ0) is 16.0. The number of ether oxygens (including phenoxy) is 1. The molecule has 0 saturated heterocycles. The third-order valence-corrected chi connectivity index (χ3v) is 4.70. The maximum atomic E-state index is 12.0. The van der Waals surface area contributed by atoms with Gasteiger partial charge < -0.3 is 4.74 Å². The number of hydrogen-bond acceptors (Lipinski definition) is 5. The minimum absolute atomic E-state index is 0.125. The van der Waals surface area contributed by atoms with E-state index in [4.69, 9.17) is 4.74 Å². The van der Waals surface area contributed by atoms with Crippen LogP contribution in [0, 0.1) is 0 Å². The average molecular weight is 318 g/mol. The fourth-order valence-corrected chi connectivity index (χ4v) is 2.99. The van der Waals surface area contributed by atoms with Crippen molar-refractivity contribution in [1.29, 1.82) is 0 Å². The highest BCUT2D eigenvalue weighted by molar-refractivity contribution is 7.90. The standard InChI is InChI=1S/C13H22N2O5S/c1-4-5-6-20-7-8-21(18,19)10-11-9-12(16)15(3)13(17)14(11)2/h9H,4-8,10H2,1-3H3. The van der Waals surface area contributed by atoms with Gasteiger partial charge in [0.25, 0.3) is 5.56 Å². The van der Waals surface area contributed by atoms with Crippen molar-refractivity contribution < 1.29 is 13.2 Å². The summed E-state index contributed by atoms with van der Waals surface area (Å²) in [6.07, 6.45) is 1.88. The summed E-state index contributed by atoms with van der Waals surface area (Å²) in [5.74, 6) is -0.466. The van der Waals surface area contributed by atoms with Crippen LogP contribution in [-0.2, 0) is 34.4 Å². The second kappa shape index (κ2) is 7.56. The van der Waals surface area contributed by atoms with Gasteiger partial charge in [-0.25, -0.2) is 13.2 Å². The number of sulfone groups is 1. The van der Waals surface area contributed by atoms with E-state index >= 15 is 0 Å². The molecule has 21 heavy (non-hydrogen) atoms. The van der Waals surface area contributed by atoms with Crippen LogP contribution in [0.4, 0.5) is 0 Å². The molecule has 0 aliphatic heterocycles. The van der Waals surface area contributed by atoms with Gasteiger partial charge in [0.05, 0.1) is 18.1 Å². The quantitative estimate of drug-likeness (QED) is 0.620. The topological polar surface area (TPSA) is 87.4 Å². The average Bonchev–Trinajstić information content (AvgIpc) is 2.42. The molecule has 0 aromatic carbocycles. The molecule has 0 fully saturated rings. The van der Waals surface area contributed by atoms with Crippen LogP contribution in [0.3, 0.4) is 0 Å². The third kappa shape index (κ3) is 5.13. The molecule has 1 heterocycles. The molecular formula is C13H22N2O5S. The molecule has 120 valence electrons. The molecule has 0 atom stereocenters. The monoisotopic (exact) mass is 318 g/mol.